The third-order valence-corrected chi connectivity index (χ3v) is 3.06. The predicted octanol–water partition coefficient (Wildman–Crippen LogP) is 3.04. The summed E-state index contributed by atoms with van der Waals surface area (Å²) in [6.45, 7) is 2.42. The third-order valence-electron chi connectivity index (χ3n) is 3.06. The maximum atomic E-state index is 3.46. The van der Waals surface area contributed by atoms with Crippen LogP contribution in [-0.4, -0.2) is 13.1 Å². The van der Waals surface area contributed by atoms with Gasteiger partial charge in [0.2, 0.25) is 0 Å². The van der Waals surface area contributed by atoms with Crippen LogP contribution in [0.4, 0.5) is 0 Å². The quantitative estimate of drug-likeness (QED) is 0.816. The molecule has 1 aromatic carbocycles. The molecule has 0 radical (unpaired) electrons. The Bertz CT molecular complexity index is 252. The summed E-state index contributed by atoms with van der Waals surface area (Å²) in [5.74, 6) is 0.896. The molecule has 0 aromatic heterocycles. The number of benzene rings is 1. The first-order valence-electron chi connectivity index (χ1n) is 5.70. The zero-order valence-electron chi connectivity index (χ0n) is 9.11. The molecular weight excluding hydrogens is 206 g/mol. The molecule has 1 atom stereocenters. The highest BCUT2D eigenvalue weighted by Gasteiger charge is 2.11. The van der Waals surface area contributed by atoms with Crippen molar-refractivity contribution in [3.63, 3.8) is 0 Å². The lowest BCUT2D eigenvalue weighted by molar-refractivity contribution is 0.470. The summed E-state index contributed by atoms with van der Waals surface area (Å²) in [5.41, 5.74) is 1.50. The molecule has 2 heteroatoms. The highest BCUT2D eigenvalue weighted by Crippen LogP contribution is 2.18. The van der Waals surface area contributed by atoms with Crippen molar-refractivity contribution in [1.29, 1.82) is 0 Å². The molecular formula is C13H20ClN. The predicted molar refractivity (Wildman–Crippen MR) is 67.6 cm³/mol. The lowest BCUT2D eigenvalue weighted by atomic mass is 9.93. The molecule has 0 saturated carbocycles. The Morgan fingerprint density at radius 2 is 1.87 bits per heavy atom. The SMILES string of the molecule is Cl.c1ccc(CC2CCCNCC2)cc1. The Kier molecular flexibility index (Phi) is 5.74. The molecule has 1 fully saturated rings. The highest BCUT2D eigenvalue weighted by atomic mass is 35.5. The van der Waals surface area contributed by atoms with Crippen LogP contribution in [-0.2, 0) is 6.42 Å². The van der Waals surface area contributed by atoms with Crippen LogP contribution < -0.4 is 5.32 Å². The van der Waals surface area contributed by atoms with Crippen LogP contribution in [0.5, 0.6) is 0 Å². The van der Waals surface area contributed by atoms with Crippen LogP contribution >= 0.6 is 12.4 Å². The molecule has 1 saturated heterocycles. The molecule has 0 amide bonds. The normalized spacial score (nSPS) is 21.5. The molecule has 1 nitrogen and oxygen atoms in total. The molecule has 1 unspecified atom stereocenters. The van der Waals surface area contributed by atoms with Crippen LogP contribution in [0.2, 0.25) is 0 Å². The van der Waals surface area contributed by atoms with Crippen LogP contribution in [0.15, 0.2) is 30.3 Å². The lowest BCUT2D eigenvalue weighted by Gasteiger charge is -2.13. The minimum atomic E-state index is 0. The summed E-state index contributed by atoms with van der Waals surface area (Å²) in [4.78, 5) is 0. The van der Waals surface area contributed by atoms with Gasteiger partial charge < -0.3 is 5.32 Å². The van der Waals surface area contributed by atoms with E-state index in [9.17, 15) is 0 Å². The Morgan fingerprint density at radius 1 is 1.07 bits per heavy atom. The second-order valence-corrected chi connectivity index (χ2v) is 4.24. The molecule has 1 heterocycles. The van der Waals surface area contributed by atoms with Crippen molar-refractivity contribution in [2.75, 3.05) is 13.1 Å². The Hall–Kier alpha value is -0.530. The van der Waals surface area contributed by atoms with Crippen molar-refractivity contribution in [2.45, 2.75) is 25.7 Å². The largest absolute Gasteiger partial charge is 0.317 e. The minimum absolute atomic E-state index is 0. The van der Waals surface area contributed by atoms with E-state index in [0.717, 1.165) is 5.92 Å². The molecule has 1 N–H and O–H groups in total. The maximum Gasteiger partial charge on any atom is -0.00462 e. The van der Waals surface area contributed by atoms with E-state index in [1.807, 2.05) is 0 Å². The topological polar surface area (TPSA) is 12.0 Å². The highest BCUT2D eigenvalue weighted by molar-refractivity contribution is 5.85. The molecule has 0 spiro atoms. The van der Waals surface area contributed by atoms with E-state index in [-0.39, 0.29) is 12.4 Å². The fourth-order valence-corrected chi connectivity index (χ4v) is 2.24. The Balaban J connectivity index is 0.00000112. The summed E-state index contributed by atoms with van der Waals surface area (Å²) in [5, 5.41) is 3.46. The summed E-state index contributed by atoms with van der Waals surface area (Å²) in [7, 11) is 0. The standard InChI is InChI=1S/C13H19N.ClH/c1-2-5-12(6-3-1)11-13-7-4-9-14-10-8-13;/h1-3,5-6,13-14H,4,7-11H2;1H. The van der Waals surface area contributed by atoms with E-state index in [0.29, 0.717) is 0 Å². The summed E-state index contributed by atoms with van der Waals surface area (Å²) in [6.07, 6.45) is 5.34. The number of rotatable bonds is 2. The van der Waals surface area contributed by atoms with Crippen LogP contribution in [0.25, 0.3) is 0 Å². The second kappa shape index (κ2) is 6.86. The third kappa shape index (κ3) is 4.23. The molecule has 0 bridgehead atoms. The average Bonchev–Trinajstić information content (AvgIpc) is 2.48. The number of halogens is 1. The van der Waals surface area contributed by atoms with Crippen LogP contribution in [0.1, 0.15) is 24.8 Å². The summed E-state index contributed by atoms with van der Waals surface area (Å²) < 4.78 is 0. The molecule has 1 aliphatic rings. The molecule has 0 aliphatic carbocycles. The second-order valence-electron chi connectivity index (χ2n) is 4.24. The van der Waals surface area contributed by atoms with Crippen molar-refractivity contribution in [1.82, 2.24) is 5.32 Å². The zero-order valence-corrected chi connectivity index (χ0v) is 9.93. The first-order valence-corrected chi connectivity index (χ1v) is 5.70. The zero-order chi connectivity index (χ0) is 9.64. The van der Waals surface area contributed by atoms with Gasteiger partial charge in [-0.1, -0.05) is 30.3 Å². The molecule has 1 aromatic rings. The molecule has 2 rings (SSSR count). The van der Waals surface area contributed by atoms with E-state index < -0.39 is 0 Å². The maximum absolute atomic E-state index is 3.46. The lowest BCUT2D eigenvalue weighted by Crippen LogP contribution is -2.14. The van der Waals surface area contributed by atoms with Gasteiger partial charge in [0.15, 0.2) is 0 Å². The van der Waals surface area contributed by atoms with Gasteiger partial charge in [-0.25, -0.2) is 0 Å². The smallest absolute Gasteiger partial charge is 0.00462 e. The number of hydrogen-bond donors (Lipinski definition) is 1. The monoisotopic (exact) mass is 225 g/mol. The van der Waals surface area contributed by atoms with Gasteiger partial charge in [-0.05, 0) is 50.3 Å². The fraction of sp³-hybridized carbons (Fsp3) is 0.538. The van der Waals surface area contributed by atoms with E-state index >= 15 is 0 Å². The first-order chi connectivity index (χ1) is 6.95. The van der Waals surface area contributed by atoms with Gasteiger partial charge in [0.05, 0.1) is 0 Å². The van der Waals surface area contributed by atoms with Gasteiger partial charge in [-0.2, -0.15) is 0 Å². The number of nitrogens with one attached hydrogen (secondary N) is 1. The average molecular weight is 226 g/mol. The van der Waals surface area contributed by atoms with Crippen molar-refractivity contribution in [3.05, 3.63) is 35.9 Å². The van der Waals surface area contributed by atoms with Crippen LogP contribution in [0, 0.1) is 5.92 Å². The van der Waals surface area contributed by atoms with Gasteiger partial charge in [-0.3, -0.25) is 0 Å². The van der Waals surface area contributed by atoms with Crippen LogP contribution in [0.3, 0.4) is 0 Å². The van der Waals surface area contributed by atoms with Crippen molar-refractivity contribution >= 4 is 12.4 Å². The fourth-order valence-electron chi connectivity index (χ4n) is 2.24. The van der Waals surface area contributed by atoms with E-state index in [1.165, 1.54) is 44.3 Å². The Morgan fingerprint density at radius 3 is 2.67 bits per heavy atom. The Labute approximate surface area is 98.7 Å². The van der Waals surface area contributed by atoms with Crippen molar-refractivity contribution < 1.29 is 0 Å². The van der Waals surface area contributed by atoms with Crippen molar-refractivity contribution in [3.8, 4) is 0 Å². The summed E-state index contributed by atoms with van der Waals surface area (Å²) in [6, 6.07) is 10.9. The van der Waals surface area contributed by atoms with Gasteiger partial charge >= 0.3 is 0 Å². The van der Waals surface area contributed by atoms with E-state index in [4.69, 9.17) is 0 Å². The molecule has 15 heavy (non-hydrogen) atoms. The summed E-state index contributed by atoms with van der Waals surface area (Å²) >= 11 is 0. The number of hydrogen-bond acceptors (Lipinski definition) is 1. The minimum Gasteiger partial charge on any atom is -0.317 e. The van der Waals surface area contributed by atoms with E-state index in [1.54, 1.807) is 0 Å². The molecule has 84 valence electrons. The van der Waals surface area contributed by atoms with Crippen molar-refractivity contribution in [2.24, 2.45) is 5.92 Å². The van der Waals surface area contributed by atoms with Gasteiger partial charge in [0.1, 0.15) is 0 Å². The van der Waals surface area contributed by atoms with Gasteiger partial charge in [-0.15, -0.1) is 12.4 Å². The first kappa shape index (κ1) is 12.5. The van der Waals surface area contributed by atoms with Gasteiger partial charge in [0.25, 0.3) is 0 Å². The van der Waals surface area contributed by atoms with Gasteiger partial charge in [0, 0.05) is 0 Å². The van der Waals surface area contributed by atoms with E-state index in [2.05, 4.69) is 35.6 Å². The molecule has 1 aliphatic heterocycles.